The Kier molecular flexibility index (Phi) is 5.06. The van der Waals surface area contributed by atoms with Crippen LogP contribution in [0.15, 0.2) is 40.8 Å². The van der Waals surface area contributed by atoms with E-state index in [2.05, 4.69) is 20.3 Å². The van der Waals surface area contributed by atoms with Crippen molar-refractivity contribution < 1.29 is 22.4 Å². The lowest BCUT2D eigenvalue weighted by molar-refractivity contribution is -0.114. The molecule has 1 aromatic heterocycles. The highest BCUT2D eigenvalue weighted by molar-refractivity contribution is 7.92. The Morgan fingerprint density at radius 1 is 1.04 bits per heavy atom. The number of hydrogen-bond acceptors (Lipinski definition) is 6. The summed E-state index contributed by atoms with van der Waals surface area (Å²) in [5.74, 6) is -0.374. The zero-order chi connectivity index (χ0) is 20.5. The second-order valence-electron chi connectivity index (χ2n) is 6.19. The van der Waals surface area contributed by atoms with Gasteiger partial charge in [0, 0.05) is 25.2 Å². The number of carbonyl (C=O) groups excluding carboxylic acids is 2. The van der Waals surface area contributed by atoms with Crippen molar-refractivity contribution in [1.29, 1.82) is 0 Å². The van der Waals surface area contributed by atoms with Crippen molar-refractivity contribution in [3.05, 3.63) is 47.9 Å². The molecule has 0 unspecified atom stereocenters. The van der Waals surface area contributed by atoms with Crippen LogP contribution >= 0.6 is 0 Å². The van der Waals surface area contributed by atoms with E-state index in [9.17, 15) is 18.0 Å². The number of hydrogen-bond donors (Lipinski definition) is 3. The summed E-state index contributed by atoms with van der Waals surface area (Å²) in [6.45, 7) is 3.05. The molecule has 0 atom stereocenters. The van der Waals surface area contributed by atoms with Crippen LogP contribution in [0.3, 0.4) is 0 Å². The monoisotopic (exact) mass is 402 g/mol. The van der Waals surface area contributed by atoms with Crippen LogP contribution in [-0.2, 0) is 14.8 Å². The van der Waals surface area contributed by atoms with Gasteiger partial charge in [0.1, 0.15) is 5.52 Å². The molecule has 28 heavy (non-hydrogen) atoms. The smallest absolute Gasteiger partial charge is 0.257 e. The minimum Gasteiger partial charge on any atom is -0.441 e. The summed E-state index contributed by atoms with van der Waals surface area (Å²) in [6.07, 6.45) is 0.983. The molecule has 0 spiro atoms. The zero-order valence-corrected chi connectivity index (χ0v) is 16.2. The number of rotatable bonds is 5. The maximum absolute atomic E-state index is 12.8. The van der Waals surface area contributed by atoms with Crippen molar-refractivity contribution >= 4 is 50.0 Å². The Hall–Kier alpha value is -3.40. The lowest BCUT2D eigenvalue weighted by Crippen LogP contribution is -2.18. The lowest BCUT2D eigenvalue weighted by atomic mass is 10.1. The number of amides is 2. The van der Waals surface area contributed by atoms with Crippen LogP contribution in [0.25, 0.3) is 11.1 Å². The molecule has 3 rings (SSSR count). The van der Waals surface area contributed by atoms with Crippen LogP contribution < -0.4 is 15.4 Å². The van der Waals surface area contributed by atoms with E-state index in [-0.39, 0.29) is 17.2 Å². The maximum atomic E-state index is 12.8. The van der Waals surface area contributed by atoms with Gasteiger partial charge >= 0.3 is 0 Å². The van der Waals surface area contributed by atoms with Crippen molar-refractivity contribution in [2.24, 2.45) is 0 Å². The normalized spacial score (nSPS) is 11.2. The molecule has 146 valence electrons. The van der Waals surface area contributed by atoms with Crippen LogP contribution in [-0.4, -0.2) is 31.5 Å². The first-order valence-electron chi connectivity index (χ1n) is 8.19. The fourth-order valence-electron chi connectivity index (χ4n) is 2.62. The first-order valence-corrected chi connectivity index (χ1v) is 10.1. The highest BCUT2D eigenvalue weighted by Crippen LogP contribution is 2.25. The van der Waals surface area contributed by atoms with Gasteiger partial charge in [-0.25, -0.2) is 13.4 Å². The highest BCUT2D eigenvalue weighted by Gasteiger charge is 2.16. The van der Waals surface area contributed by atoms with Gasteiger partial charge in [0.15, 0.2) is 11.5 Å². The van der Waals surface area contributed by atoms with Gasteiger partial charge in [-0.2, -0.15) is 0 Å². The molecule has 0 aliphatic heterocycles. The number of nitrogens with one attached hydrogen (secondary N) is 3. The topological polar surface area (TPSA) is 130 Å². The molecule has 9 nitrogen and oxygen atoms in total. The predicted octanol–water partition coefficient (Wildman–Crippen LogP) is 2.72. The fourth-order valence-corrected chi connectivity index (χ4v) is 3.20. The predicted molar refractivity (Wildman–Crippen MR) is 106 cm³/mol. The third-order valence-corrected chi connectivity index (χ3v) is 4.22. The Balaban J connectivity index is 1.95. The number of anilines is 3. The number of nitrogens with zero attached hydrogens (tertiary/aromatic N) is 1. The number of aromatic nitrogens is 1. The van der Waals surface area contributed by atoms with Crippen molar-refractivity contribution in [3.63, 3.8) is 0 Å². The largest absolute Gasteiger partial charge is 0.441 e. The average molecular weight is 402 g/mol. The van der Waals surface area contributed by atoms with E-state index in [1.807, 2.05) is 0 Å². The number of benzene rings is 2. The SMILES string of the molecule is CC(=O)Nc1ccc(NS(C)(=O)=O)c(C(=O)Nc2ccc3oc(C)nc3c2)c1. The molecule has 10 heteroatoms. The van der Waals surface area contributed by atoms with Gasteiger partial charge in [-0.05, 0) is 36.4 Å². The van der Waals surface area contributed by atoms with Gasteiger partial charge in [-0.1, -0.05) is 0 Å². The summed E-state index contributed by atoms with van der Waals surface area (Å²) in [6, 6.07) is 9.26. The number of fused-ring (bicyclic) bond motifs is 1. The molecular formula is C18H18N4O5S. The van der Waals surface area contributed by atoms with Crippen molar-refractivity contribution in [1.82, 2.24) is 4.98 Å². The molecule has 0 saturated heterocycles. The Morgan fingerprint density at radius 2 is 1.71 bits per heavy atom. The number of aryl methyl sites for hydroxylation is 1. The van der Waals surface area contributed by atoms with Crippen molar-refractivity contribution in [2.75, 3.05) is 21.6 Å². The van der Waals surface area contributed by atoms with E-state index in [1.54, 1.807) is 25.1 Å². The molecule has 0 radical (unpaired) electrons. The van der Waals surface area contributed by atoms with Crippen molar-refractivity contribution in [3.8, 4) is 0 Å². The second-order valence-corrected chi connectivity index (χ2v) is 7.93. The standard InChI is InChI=1S/C18H18N4O5S/c1-10(23)19-12-4-6-15(22-28(3,25)26)14(8-12)18(24)21-13-5-7-17-16(9-13)20-11(2)27-17/h4-9,22H,1-3H3,(H,19,23)(H,21,24). The maximum Gasteiger partial charge on any atom is 0.257 e. The average Bonchev–Trinajstić information content (AvgIpc) is 2.93. The van der Waals surface area contributed by atoms with E-state index in [0.717, 1.165) is 6.26 Å². The minimum absolute atomic E-state index is 0.0492. The molecule has 3 aromatic rings. The summed E-state index contributed by atoms with van der Waals surface area (Å²) in [5.41, 5.74) is 2.13. The second kappa shape index (κ2) is 7.31. The first kappa shape index (κ1) is 19.4. The van der Waals surface area contributed by atoms with E-state index >= 15 is 0 Å². The van der Waals surface area contributed by atoms with Crippen LogP contribution in [0, 0.1) is 6.92 Å². The van der Waals surface area contributed by atoms with Gasteiger partial charge < -0.3 is 15.1 Å². The summed E-state index contributed by atoms with van der Waals surface area (Å²) in [7, 11) is -3.61. The Bertz CT molecular complexity index is 1180. The zero-order valence-electron chi connectivity index (χ0n) is 15.4. The number of carbonyl (C=O) groups is 2. The van der Waals surface area contributed by atoms with Crippen LogP contribution in [0.4, 0.5) is 17.1 Å². The lowest BCUT2D eigenvalue weighted by Gasteiger charge is -2.13. The molecule has 2 aromatic carbocycles. The van der Waals surface area contributed by atoms with E-state index in [0.29, 0.717) is 28.4 Å². The van der Waals surface area contributed by atoms with Gasteiger partial charge in [0.25, 0.3) is 5.91 Å². The Labute approximate surface area is 161 Å². The van der Waals surface area contributed by atoms with Gasteiger partial charge in [-0.3, -0.25) is 14.3 Å². The molecule has 0 fully saturated rings. The third kappa shape index (κ3) is 4.65. The van der Waals surface area contributed by atoms with Crippen molar-refractivity contribution in [2.45, 2.75) is 13.8 Å². The molecule has 0 saturated carbocycles. The summed E-state index contributed by atoms with van der Waals surface area (Å²) >= 11 is 0. The third-order valence-electron chi connectivity index (χ3n) is 3.63. The molecule has 0 aliphatic rings. The minimum atomic E-state index is -3.61. The fraction of sp³-hybridized carbons (Fsp3) is 0.167. The number of oxazole rings is 1. The quantitative estimate of drug-likeness (QED) is 0.601. The van der Waals surface area contributed by atoms with Gasteiger partial charge in [0.05, 0.1) is 17.5 Å². The van der Waals surface area contributed by atoms with E-state index < -0.39 is 15.9 Å². The van der Waals surface area contributed by atoms with Crippen LogP contribution in [0.1, 0.15) is 23.2 Å². The van der Waals surface area contributed by atoms with Crippen LogP contribution in [0.2, 0.25) is 0 Å². The molecular weight excluding hydrogens is 384 g/mol. The van der Waals surface area contributed by atoms with E-state index in [4.69, 9.17) is 4.42 Å². The molecule has 0 bridgehead atoms. The summed E-state index contributed by atoms with van der Waals surface area (Å²) in [5, 5.41) is 5.26. The molecule has 2 amide bonds. The summed E-state index contributed by atoms with van der Waals surface area (Å²) < 4.78 is 30.9. The van der Waals surface area contributed by atoms with Crippen LogP contribution in [0.5, 0.6) is 0 Å². The summed E-state index contributed by atoms with van der Waals surface area (Å²) in [4.78, 5) is 28.3. The molecule has 0 aliphatic carbocycles. The first-order chi connectivity index (χ1) is 13.1. The van der Waals surface area contributed by atoms with Gasteiger partial charge in [-0.15, -0.1) is 0 Å². The molecule has 1 heterocycles. The van der Waals surface area contributed by atoms with Gasteiger partial charge in [0.2, 0.25) is 15.9 Å². The highest BCUT2D eigenvalue weighted by atomic mass is 32.2. The number of sulfonamides is 1. The molecule has 3 N–H and O–H groups in total. The Morgan fingerprint density at radius 3 is 2.39 bits per heavy atom. The van der Waals surface area contributed by atoms with E-state index in [1.165, 1.54) is 25.1 Å².